The number of likely N-dealkylation sites (tertiary alicyclic amines) is 1. The van der Waals surface area contributed by atoms with Crippen LogP contribution in [0.2, 0.25) is 0 Å². The molecule has 2 fully saturated rings. The van der Waals surface area contributed by atoms with Crippen LogP contribution in [0.25, 0.3) is 0 Å². The van der Waals surface area contributed by atoms with E-state index in [0.717, 1.165) is 35.0 Å². The van der Waals surface area contributed by atoms with E-state index in [9.17, 15) is 22.4 Å². The summed E-state index contributed by atoms with van der Waals surface area (Å²) in [5.74, 6) is -0.724. The van der Waals surface area contributed by atoms with Gasteiger partial charge in [-0.2, -0.15) is 13.2 Å². The number of hydrogen-bond donors (Lipinski definition) is 2. The minimum Gasteiger partial charge on any atom is -0.355 e. The lowest BCUT2D eigenvalue weighted by Gasteiger charge is -2.26. The number of rotatable bonds is 6. The number of fused-ring (bicyclic) bond motifs is 1. The van der Waals surface area contributed by atoms with E-state index < -0.39 is 23.1 Å². The Morgan fingerprint density at radius 2 is 1.80 bits per heavy atom. The van der Waals surface area contributed by atoms with Crippen LogP contribution in [0.1, 0.15) is 44.2 Å². The van der Waals surface area contributed by atoms with Gasteiger partial charge in [0, 0.05) is 53.8 Å². The molecule has 0 bridgehead atoms. The number of carbonyl (C=O) groups is 1. The Bertz CT molecular complexity index is 1640. The van der Waals surface area contributed by atoms with Gasteiger partial charge in [-0.1, -0.05) is 30.3 Å². The molecule has 0 spiro atoms. The van der Waals surface area contributed by atoms with Crippen molar-refractivity contribution in [2.24, 2.45) is 5.92 Å². The molecule has 1 amide bonds. The Hall–Kier alpha value is -4.53. The molecule has 3 aromatic carbocycles. The van der Waals surface area contributed by atoms with Crippen LogP contribution >= 0.6 is 0 Å². The number of benzene rings is 3. The van der Waals surface area contributed by atoms with E-state index in [4.69, 9.17) is 5.41 Å². The molecule has 0 radical (unpaired) electrons. The predicted molar refractivity (Wildman–Crippen MR) is 148 cm³/mol. The summed E-state index contributed by atoms with van der Waals surface area (Å²) in [6, 6.07) is 21.5. The highest BCUT2D eigenvalue weighted by Crippen LogP contribution is 2.70. The Labute approximate surface area is 234 Å². The Balaban J connectivity index is 1.37. The third-order valence-corrected chi connectivity index (χ3v) is 8.31. The summed E-state index contributed by atoms with van der Waals surface area (Å²) in [7, 11) is 0. The second-order valence-corrected chi connectivity index (χ2v) is 10.7. The zero-order valence-electron chi connectivity index (χ0n) is 22.0. The minimum atomic E-state index is -4.57. The molecule has 3 atom stereocenters. The first-order valence-electron chi connectivity index (χ1n) is 13.2. The summed E-state index contributed by atoms with van der Waals surface area (Å²) in [5, 5.41) is 11.4. The van der Waals surface area contributed by atoms with Gasteiger partial charge in [0.25, 0.3) is 5.91 Å². The largest absolute Gasteiger partial charge is 0.416 e. The summed E-state index contributed by atoms with van der Waals surface area (Å²) < 4.78 is 53.3. The van der Waals surface area contributed by atoms with Crippen LogP contribution in [0.3, 0.4) is 0 Å². The zero-order valence-corrected chi connectivity index (χ0v) is 22.0. The van der Waals surface area contributed by atoms with Gasteiger partial charge in [0.2, 0.25) is 0 Å². The number of halogens is 4. The summed E-state index contributed by atoms with van der Waals surface area (Å²) in [6.07, 6.45) is -2.30. The van der Waals surface area contributed by atoms with E-state index in [1.807, 2.05) is 37.3 Å². The number of piperidine rings is 1. The van der Waals surface area contributed by atoms with Crippen molar-refractivity contribution in [3.63, 3.8) is 0 Å². The smallest absolute Gasteiger partial charge is 0.355 e. The second-order valence-electron chi connectivity index (χ2n) is 10.7. The molecule has 9 heteroatoms. The van der Waals surface area contributed by atoms with E-state index in [0.29, 0.717) is 30.0 Å². The first kappa shape index (κ1) is 26.7. The molecule has 1 aromatic heterocycles. The van der Waals surface area contributed by atoms with E-state index >= 15 is 0 Å². The predicted octanol–water partition coefficient (Wildman–Crippen LogP) is 7.10. The normalized spacial score (nSPS) is 21.3. The number of nitrogens with one attached hydrogen (secondary N) is 2. The molecule has 1 saturated carbocycles. The molecule has 41 heavy (non-hydrogen) atoms. The molecule has 1 aliphatic heterocycles. The van der Waals surface area contributed by atoms with Gasteiger partial charge < -0.3 is 15.6 Å². The molecule has 5 nitrogen and oxygen atoms in total. The van der Waals surface area contributed by atoms with Crippen molar-refractivity contribution in [3.05, 3.63) is 124 Å². The van der Waals surface area contributed by atoms with Crippen molar-refractivity contribution in [2.45, 2.75) is 24.4 Å². The lowest BCUT2D eigenvalue weighted by Crippen LogP contribution is -2.35. The average molecular weight is 559 g/mol. The fourth-order valence-electron chi connectivity index (χ4n) is 6.45. The number of pyridine rings is 1. The topological polar surface area (TPSA) is 69.1 Å². The van der Waals surface area contributed by atoms with E-state index in [1.165, 1.54) is 18.3 Å². The van der Waals surface area contributed by atoms with Gasteiger partial charge in [-0.05, 0) is 78.1 Å². The van der Waals surface area contributed by atoms with Gasteiger partial charge in [0.1, 0.15) is 11.5 Å². The average Bonchev–Trinajstić information content (AvgIpc) is 3.42. The molecule has 6 rings (SSSR count). The van der Waals surface area contributed by atoms with Crippen LogP contribution in [0.5, 0.6) is 0 Å². The van der Waals surface area contributed by atoms with E-state index in [1.54, 1.807) is 17.0 Å². The van der Waals surface area contributed by atoms with Gasteiger partial charge in [-0.3, -0.25) is 9.78 Å². The first-order valence-corrected chi connectivity index (χ1v) is 13.2. The van der Waals surface area contributed by atoms with Crippen molar-refractivity contribution in [3.8, 4) is 0 Å². The third kappa shape index (κ3) is 4.65. The molecule has 2 aliphatic rings. The van der Waals surface area contributed by atoms with Crippen LogP contribution in [-0.4, -0.2) is 35.1 Å². The van der Waals surface area contributed by atoms with Crippen LogP contribution in [0.15, 0.2) is 85.1 Å². The van der Waals surface area contributed by atoms with Gasteiger partial charge in [-0.25, -0.2) is 4.39 Å². The Morgan fingerprint density at radius 3 is 2.49 bits per heavy atom. The molecule has 4 aromatic rings. The molecular weight excluding hydrogens is 532 g/mol. The summed E-state index contributed by atoms with van der Waals surface area (Å²) in [6.45, 7) is 2.67. The number of hydrogen-bond acceptors (Lipinski definition) is 4. The maximum atomic E-state index is 13.4. The van der Waals surface area contributed by atoms with Gasteiger partial charge >= 0.3 is 6.18 Å². The molecule has 2 heterocycles. The number of carbonyl (C=O) groups excluding carboxylic acids is 1. The highest BCUT2D eigenvalue weighted by Gasteiger charge is 2.71. The summed E-state index contributed by atoms with van der Waals surface area (Å²) in [4.78, 5) is 19.0. The monoisotopic (exact) mass is 558 g/mol. The molecule has 2 N–H and O–H groups in total. The second kappa shape index (κ2) is 9.83. The highest BCUT2D eigenvalue weighted by molar-refractivity contribution is 5.93. The van der Waals surface area contributed by atoms with Gasteiger partial charge in [0.05, 0.1) is 5.56 Å². The Kier molecular flexibility index (Phi) is 6.40. The maximum absolute atomic E-state index is 13.4. The quantitative estimate of drug-likeness (QED) is 0.196. The zero-order chi connectivity index (χ0) is 28.9. The SMILES string of the molecule is Cc1cc(Nc2ccc(F)cc2)c(C=N)cc1C12CN(C(=O)c3cc(C(F)(F)F)ccn3)CC1C2c1ccccc1. The third-order valence-electron chi connectivity index (χ3n) is 8.31. The lowest BCUT2D eigenvalue weighted by molar-refractivity contribution is -0.137. The van der Waals surface area contributed by atoms with Crippen LogP contribution in [0.4, 0.5) is 28.9 Å². The number of alkyl halides is 3. The molecule has 3 unspecified atom stereocenters. The van der Waals surface area contributed by atoms with Crippen molar-refractivity contribution >= 4 is 23.5 Å². The molecule has 208 valence electrons. The number of nitrogens with zero attached hydrogens (tertiary/aromatic N) is 2. The maximum Gasteiger partial charge on any atom is 0.416 e. The van der Waals surface area contributed by atoms with Crippen molar-refractivity contribution < 1.29 is 22.4 Å². The van der Waals surface area contributed by atoms with E-state index in [2.05, 4.69) is 22.4 Å². The highest BCUT2D eigenvalue weighted by atomic mass is 19.4. The molecule has 1 aliphatic carbocycles. The van der Waals surface area contributed by atoms with Crippen molar-refractivity contribution in [1.29, 1.82) is 5.41 Å². The minimum absolute atomic E-state index is 0.0489. The van der Waals surface area contributed by atoms with E-state index in [-0.39, 0.29) is 23.3 Å². The molecular formula is C32H26F4N4O. The number of aryl methyl sites for hydroxylation is 1. The van der Waals surface area contributed by atoms with Gasteiger partial charge in [-0.15, -0.1) is 0 Å². The Morgan fingerprint density at radius 1 is 1.07 bits per heavy atom. The number of amides is 1. The number of aromatic nitrogens is 1. The standard InChI is InChI=1S/C32H26F4N4O/c1-19-13-27(39-24-9-7-23(33)8-10-24)21(16-37)14-25(19)31-18-40(17-26(31)29(31)20-5-3-2-4-6-20)30(41)28-15-22(11-12-38-28)32(34,35)36/h2-16,26,29,37,39H,17-18H2,1H3. The van der Waals surface area contributed by atoms with Crippen molar-refractivity contribution in [2.75, 3.05) is 18.4 Å². The van der Waals surface area contributed by atoms with Crippen molar-refractivity contribution in [1.82, 2.24) is 9.88 Å². The molecule has 1 saturated heterocycles. The van der Waals surface area contributed by atoms with Crippen LogP contribution in [0, 0.1) is 24.1 Å². The first-order chi connectivity index (χ1) is 19.6. The van der Waals surface area contributed by atoms with Crippen LogP contribution < -0.4 is 5.32 Å². The fraction of sp³-hybridized carbons (Fsp3) is 0.219. The van der Waals surface area contributed by atoms with Crippen LogP contribution in [-0.2, 0) is 11.6 Å². The summed E-state index contributed by atoms with van der Waals surface area (Å²) in [5.41, 5.74) is 3.47. The van der Waals surface area contributed by atoms with Gasteiger partial charge in [0.15, 0.2) is 0 Å². The number of anilines is 2. The lowest BCUT2D eigenvalue weighted by atomic mass is 9.85. The fourth-order valence-corrected chi connectivity index (χ4v) is 6.45. The summed E-state index contributed by atoms with van der Waals surface area (Å²) >= 11 is 0.